The standard InChI is InChI=1S/C13H16ClFN2O2/c1-2-3-6-16-12(18)8-13(19)17-9-4-5-11(15)10(14)7-9/h4-5,7H,2-3,6,8H2,1H3,(H,16,18)(H,17,19). The summed E-state index contributed by atoms with van der Waals surface area (Å²) in [7, 11) is 0. The van der Waals surface area contributed by atoms with Crippen LogP contribution >= 0.6 is 11.6 Å². The van der Waals surface area contributed by atoms with Crippen LogP contribution in [0.4, 0.5) is 10.1 Å². The fourth-order valence-electron chi connectivity index (χ4n) is 1.39. The molecule has 0 fully saturated rings. The SMILES string of the molecule is CCCCNC(=O)CC(=O)Nc1ccc(F)c(Cl)c1. The maximum Gasteiger partial charge on any atom is 0.233 e. The van der Waals surface area contributed by atoms with Crippen molar-refractivity contribution in [3.05, 3.63) is 29.0 Å². The van der Waals surface area contributed by atoms with Gasteiger partial charge in [0.15, 0.2) is 0 Å². The molecule has 0 aliphatic heterocycles. The Morgan fingerprint density at radius 1 is 1.32 bits per heavy atom. The summed E-state index contributed by atoms with van der Waals surface area (Å²) >= 11 is 5.58. The molecule has 0 saturated heterocycles. The van der Waals surface area contributed by atoms with Crippen LogP contribution in [0.2, 0.25) is 5.02 Å². The van der Waals surface area contributed by atoms with E-state index in [2.05, 4.69) is 10.6 Å². The predicted molar refractivity (Wildman–Crippen MR) is 72.6 cm³/mol. The molecule has 104 valence electrons. The molecule has 2 N–H and O–H groups in total. The summed E-state index contributed by atoms with van der Waals surface area (Å²) in [5.74, 6) is -1.35. The highest BCUT2D eigenvalue weighted by Crippen LogP contribution is 2.19. The van der Waals surface area contributed by atoms with Crippen molar-refractivity contribution in [2.45, 2.75) is 26.2 Å². The van der Waals surface area contributed by atoms with Gasteiger partial charge in [0.2, 0.25) is 11.8 Å². The van der Waals surface area contributed by atoms with Crippen molar-refractivity contribution in [1.82, 2.24) is 5.32 Å². The van der Waals surface area contributed by atoms with E-state index in [4.69, 9.17) is 11.6 Å². The van der Waals surface area contributed by atoms with Crippen LogP contribution in [0.5, 0.6) is 0 Å². The summed E-state index contributed by atoms with van der Waals surface area (Å²) in [6, 6.07) is 3.83. The molecule has 4 nitrogen and oxygen atoms in total. The Morgan fingerprint density at radius 2 is 2.05 bits per heavy atom. The second-order valence-electron chi connectivity index (χ2n) is 4.06. The normalized spacial score (nSPS) is 10.1. The first kappa shape index (κ1) is 15.4. The molecule has 0 radical (unpaired) electrons. The Bertz CT molecular complexity index is 466. The zero-order chi connectivity index (χ0) is 14.3. The predicted octanol–water partition coefficient (Wildman–Crippen LogP) is 2.72. The molecule has 6 heteroatoms. The number of rotatable bonds is 6. The molecule has 0 aliphatic carbocycles. The third kappa shape index (κ3) is 5.70. The van der Waals surface area contributed by atoms with Gasteiger partial charge in [-0.25, -0.2) is 4.39 Å². The quantitative estimate of drug-likeness (QED) is 0.624. The lowest BCUT2D eigenvalue weighted by Crippen LogP contribution is -2.28. The molecule has 19 heavy (non-hydrogen) atoms. The van der Waals surface area contributed by atoms with Crippen LogP contribution in [0.25, 0.3) is 0 Å². The fraction of sp³-hybridized carbons (Fsp3) is 0.385. The molecule has 1 aromatic carbocycles. The van der Waals surface area contributed by atoms with Gasteiger partial charge in [-0.2, -0.15) is 0 Å². The summed E-state index contributed by atoms with van der Waals surface area (Å²) in [4.78, 5) is 22.9. The van der Waals surface area contributed by atoms with Crippen molar-refractivity contribution in [1.29, 1.82) is 0 Å². The minimum atomic E-state index is -0.558. The molecule has 0 aromatic heterocycles. The number of unbranched alkanes of at least 4 members (excludes halogenated alkanes) is 1. The monoisotopic (exact) mass is 286 g/mol. The second-order valence-corrected chi connectivity index (χ2v) is 4.46. The van der Waals surface area contributed by atoms with Crippen LogP contribution in [0.3, 0.4) is 0 Å². The average Bonchev–Trinajstić information content (AvgIpc) is 2.34. The number of carbonyl (C=O) groups is 2. The minimum Gasteiger partial charge on any atom is -0.356 e. The Labute approximate surface area is 116 Å². The van der Waals surface area contributed by atoms with Crippen molar-refractivity contribution in [2.24, 2.45) is 0 Å². The van der Waals surface area contributed by atoms with Gasteiger partial charge in [-0.1, -0.05) is 24.9 Å². The molecular weight excluding hydrogens is 271 g/mol. The van der Waals surface area contributed by atoms with E-state index in [0.717, 1.165) is 18.9 Å². The van der Waals surface area contributed by atoms with E-state index in [9.17, 15) is 14.0 Å². The molecular formula is C13H16ClFN2O2. The molecule has 0 saturated carbocycles. The molecule has 2 amide bonds. The summed E-state index contributed by atoms with van der Waals surface area (Å²) in [6.07, 6.45) is 1.58. The van der Waals surface area contributed by atoms with E-state index in [1.165, 1.54) is 12.1 Å². The van der Waals surface area contributed by atoms with Gasteiger partial charge >= 0.3 is 0 Å². The van der Waals surface area contributed by atoms with Gasteiger partial charge in [0.1, 0.15) is 12.2 Å². The minimum absolute atomic E-state index is 0.0785. The first-order valence-corrected chi connectivity index (χ1v) is 6.42. The van der Waals surface area contributed by atoms with E-state index >= 15 is 0 Å². The maximum atomic E-state index is 12.9. The van der Waals surface area contributed by atoms with E-state index in [1.807, 2.05) is 6.92 Å². The van der Waals surface area contributed by atoms with Crippen molar-refractivity contribution < 1.29 is 14.0 Å². The molecule has 0 spiro atoms. The smallest absolute Gasteiger partial charge is 0.233 e. The average molecular weight is 287 g/mol. The molecule has 0 unspecified atom stereocenters. The number of hydrogen-bond donors (Lipinski definition) is 2. The van der Waals surface area contributed by atoms with Crippen molar-refractivity contribution >= 4 is 29.1 Å². The number of halogens is 2. The molecule has 0 atom stereocenters. The van der Waals surface area contributed by atoms with Gasteiger partial charge in [-0.15, -0.1) is 0 Å². The van der Waals surface area contributed by atoms with Gasteiger partial charge < -0.3 is 10.6 Å². The molecule has 0 bridgehead atoms. The number of carbonyl (C=O) groups excluding carboxylic acids is 2. The summed E-state index contributed by atoms with van der Waals surface area (Å²) < 4.78 is 12.9. The summed E-state index contributed by atoms with van der Waals surface area (Å²) in [6.45, 7) is 2.57. The number of anilines is 1. The van der Waals surface area contributed by atoms with Crippen LogP contribution < -0.4 is 10.6 Å². The first-order chi connectivity index (χ1) is 9.02. The van der Waals surface area contributed by atoms with Gasteiger partial charge in [0.25, 0.3) is 0 Å². The second kappa shape index (κ2) is 7.74. The van der Waals surface area contributed by atoms with Crippen molar-refractivity contribution in [3.8, 4) is 0 Å². The van der Waals surface area contributed by atoms with E-state index in [-0.39, 0.29) is 17.4 Å². The Morgan fingerprint density at radius 3 is 2.68 bits per heavy atom. The molecule has 0 aliphatic rings. The van der Waals surface area contributed by atoms with Gasteiger partial charge in [-0.3, -0.25) is 9.59 Å². The topological polar surface area (TPSA) is 58.2 Å². The Kier molecular flexibility index (Phi) is 6.29. The third-order valence-corrected chi connectivity index (χ3v) is 2.67. The highest BCUT2D eigenvalue weighted by atomic mass is 35.5. The largest absolute Gasteiger partial charge is 0.356 e. The maximum absolute atomic E-state index is 12.9. The van der Waals surface area contributed by atoms with Gasteiger partial charge in [-0.05, 0) is 24.6 Å². The third-order valence-electron chi connectivity index (χ3n) is 2.38. The number of benzene rings is 1. The van der Waals surface area contributed by atoms with Crippen LogP contribution in [0.1, 0.15) is 26.2 Å². The van der Waals surface area contributed by atoms with Crippen molar-refractivity contribution in [3.63, 3.8) is 0 Å². The van der Waals surface area contributed by atoms with E-state index < -0.39 is 11.7 Å². The summed E-state index contributed by atoms with van der Waals surface area (Å²) in [5.41, 5.74) is 0.359. The van der Waals surface area contributed by atoms with Crippen LogP contribution in [0, 0.1) is 5.82 Å². The highest BCUT2D eigenvalue weighted by Gasteiger charge is 2.10. The Balaban J connectivity index is 2.42. The van der Waals surface area contributed by atoms with E-state index in [1.54, 1.807) is 0 Å². The van der Waals surface area contributed by atoms with Crippen LogP contribution in [-0.4, -0.2) is 18.4 Å². The lowest BCUT2D eigenvalue weighted by Gasteiger charge is -2.06. The van der Waals surface area contributed by atoms with Gasteiger partial charge in [0, 0.05) is 12.2 Å². The number of nitrogens with one attached hydrogen (secondary N) is 2. The first-order valence-electron chi connectivity index (χ1n) is 6.04. The molecule has 0 heterocycles. The molecule has 1 aromatic rings. The van der Waals surface area contributed by atoms with Gasteiger partial charge in [0.05, 0.1) is 5.02 Å². The van der Waals surface area contributed by atoms with Crippen molar-refractivity contribution in [2.75, 3.05) is 11.9 Å². The lowest BCUT2D eigenvalue weighted by atomic mass is 10.3. The lowest BCUT2D eigenvalue weighted by molar-refractivity contribution is -0.126. The van der Waals surface area contributed by atoms with E-state index in [0.29, 0.717) is 12.2 Å². The molecule has 1 rings (SSSR count). The number of amides is 2. The Hall–Kier alpha value is -1.62. The zero-order valence-electron chi connectivity index (χ0n) is 10.6. The number of hydrogen-bond acceptors (Lipinski definition) is 2. The fourth-order valence-corrected chi connectivity index (χ4v) is 1.57. The summed E-state index contributed by atoms with van der Waals surface area (Å²) in [5, 5.41) is 5.04. The highest BCUT2D eigenvalue weighted by molar-refractivity contribution is 6.31. The van der Waals surface area contributed by atoms with Crippen LogP contribution in [-0.2, 0) is 9.59 Å². The van der Waals surface area contributed by atoms with Crippen LogP contribution in [0.15, 0.2) is 18.2 Å². The zero-order valence-corrected chi connectivity index (χ0v) is 11.4.